The first-order valence-corrected chi connectivity index (χ1v) is 6.36. The third-order valence-corrected chi connectivity index (χ3v) is 2.97. The number of likely N-dealkylation sites (N-methyl/N-ethyl adjacent to an activating group) is 1. The van der Waals surface area contributed by atoms with Crippen molar-refractivity contribution in [2.45, 2.75) is 6.54 Å². The molecular formula is C12H14BrN3O2. The molecule has 0 radical (unpaired) electrons. The second-order valence-electron chi connectivity index (χ2n) is 3.97. The van der Waals surface area contributed by atoms with E-state index in [1.807, 2.05) is 36.2 Å². The molecule has 2 aromatic rings. The molecule has 0 fully saturated rings. The molecule has 0 saturated carbocycles. The Morgan fingerprint density at radius 3 is 2.67 bits per heavy atom. The van der Waals surface area contributed by atoms with Crippen LogP contribution in [-0.2, 0) is 6.54 Å². The van der Waals surface area contributed by atoms with Crippen LogP contribution < -0.4 is 0 Å². The van der Waals surface area contributed by atoms with E-state index in [0.717, 1.165) is 10.0 Å². The fraction of sp³-hybridized carbons (Fsp3) is 0.333. The van der Waals surface area contributed by atoms with Crippen molar-refractivity contribution in [2.24, 2.45) is 0 Å². The van der Waals surface area contributed by atoms with Crippen molar-refractivity contribution in [2.75, 3.05) is 20.2 Å². The Morgan fingerprint density at radius 1 is 1.28 bits per heavy atom. The molecule has 0 amide bonds. The van der Waals surface area contributed by atoms with Gasteiger partial charge in [-0.05, 0) is 31.3 Å². The smallest absolute Gasteiger partial charge is 0.247 e. The minimum atomic E-state index is 0.115. The Morgan fingerprint density at radius 2 is 2.00 bits per heavy atom. The highest BCUT2D eigenvalue weighted by Crippen LogP contribution is 2.20. The molecule has 1 aromatic carbocycles. The van der Waals surface area contributed by atoms with Gasteiger partial charge in [-0.3, -0.25) is 4.90 Å². The number of aliphatic hydroxyl groups is 1. The summed E-state index contributed by atoms with van der Waals surface area (Å²) in [5.41, 5.74) is 0.891. The maximum Gasteiger partial charge on any atom is 0.247 e. The van der Waals surface area contributed by atoms with Gasteiger partial charge in [0.25, 0.3) is 0 Å². The lowest BCUT2D eigenvalue weighted by Gasteiger charge is -2.11. The fourth-order valence-corrected chi connectivity index (χ4v) is 1.77. The van der Waals surface area contributed by atoms with Crippen molar-refractivity contribution in [1.29, 1.82) is 0 Å². The number of hydrogen-bond acceptors (Lipinski definition) is 5. The van der Waals surface area contributed by atoms with Crippen molar-refractivity contribution in [3.8, 4) is 11.5 Å². The van der Waals surface area contributed by atoms with Crippen LogP contribution in [0.4, 0.5) is 0 Å². The molecule has 6 heteroatoms. The van der Waals surface area contributed by atoms with E-state index >= 15 is 0 Å². The van der Waals surface area contributed by atoms with Gasteiger partial charge in [-0.2, -0.15) is 0 Å². The van der Waals surface area contributed by atoms with Crippen LogP contribution in [0.3, 0.4) is 0 Å². The molecule has 96 valence electrons. The molecule has 0 aliphatic carbocycles. The second-order valence-corrected chi connectivity index (χ2v) is 4.88. The Kier molecular flexibility index (Phi) is 4.46. The van der Waals surface area contributed by atoms with Gasteiger partial charge in [0.05, 0.1) is 13.2 Å². The molecule has 0 spiro atoms. The Balaban J connectivity index is 2.08. The lowest BCUT2D eigenvalue weighted by atomic mass is 10.2. The van der Waals surface area contributed by atoms with E-state index in [2.05, 4.69) is 26.1 Å². The van der Waals surface area contributed by atoms with E-state index < -0.39 is 0 Å². The van der Waals surface area contributed by atoms with Gasteiger partial charge in [-0.25, -0.2) is 0 Å². The van der Waals surface area contributed by atoms with E-state index in [0.29, 0.717) is 24.9 Å². The van der Waals surface area contributed by atoms with Crippen LogP contribution in [0.1, 0.15) is 5.89 Å². The normalized spacial score (nSPS) is 11.1. The number of hydrogen-bond donors (Lipinski definition) is 1. The SMILES string of the molecule is CN(CCO)Cc1nnc(-c2ccc(Br)cc2)o1. The summed E-state index contributed by atoms with van der Waals surface area (Å²) in [7, 11) is 1.89. The number of benzene rings is 1. The summed E-state index contributed by atoms with van der Waals surface area (Å²) in [6.07, 6.45) is 0. The van der Waals surface area contributed by atoms with Gasteiger partial charge in [0.15, 0.2) is 0 Å². The van der Waals surface area contributed by atoms with Crippen molar-refractivity contribution in [1.82, 2.24) is 15.1 Å². The van der Waals surface area contributed by atoms with Crippen LogP contribution in [0.5, 0.6) is 0 Å². The fourth-order valence-electron chi connectivity index (χ4n) is 1.51. The Labute approximate surface area is 114 Å². The third-order valence-electron chi connectivity index (χ3n) is 2.44. The average Bonchev–Trinajstić information content (AvgIpc) is 2.78. The van der Waals surface area contributed by atoms with Crippen LogP contribution in [-0.4, -0.2) is 40.4 Å². The summed E-state index contributed by atoms with van der Waals surface area (Å²) in [4.78, 5) is 1.92. The largest absolute Gasteiger partial charge is 0.419 e. The lowest BCUT2D eigenvalue weighted by Crippen LogP contribution is -2.21. The Bertz CT molecular complexity index is 498. The molecule has 1 aromatic heterocycles. The molecular weight excluding hydrogens is 298 g/mol. The van der Waals surface area contributed by atoms with E-state index in [1.54, 1.807) is 0 Å². The monoisotopic (exact) mass is 311 g/mol. The van der Waals surface area contributed by atoms with Gasteiger partial charge in [0.2, 0.25) is 11.8 Å². The van der Waals surface area contributed by atoms with Crippen molar-refractivity contribution < 1.29 is 9.52 Å². The van der Waals surface area contributed by atoms with E-state index in [4.69, 9.17) is 9.52 Å². The molecule has 1 N–H and O–H groups in total. The molecule has 18 heavy (non-hydrogen) atoms. The highest BCUT2D eigenvalue weighted by atomic mass is 79.9. The van der Waals surface area contributed by atoms with Crippen molar-refractivity contribution in [3.63, 3.8) is 0 Å². The zero-order chi connectivity index (χ0) is 13.0. The number of aliphatic hydroxyl groups excluding tert-OH is 1. The van der Waals surface area contributed by atoms with Crippen LogP contribution in [0.25, 0.3) is 11.5 Å². The predicted molar refractivity (Wildman–Crippen MR) is 70.9 cm³/mol. The summed E-state index contributed by atoms with van der Waals surface area (Å²) in [5.74, 6) is 1.05. The number of halogens is 1. The molecule has 1 heterocycles. The van der Waals surface area contributed by atoms with Crippen LogP contribution in [0, 0.1) is 0 Å². The molecule has 0 saturated heterocycles. The highest BCUT2D eigenvalue weighted by molar-refractivity contribution is 9.10. The summed E-state index contributed by atoms with van der Waals surface area (Å²) in [6.45, 7) is 1.23. The maximum atomic E-state index is 8.81. The van der Waals surface area contributed by atoms with E-state index in [1.165, 1.54) is 0 Å². The van der Waals surface area contributed by atoms with Gasteiger partial charge in [0, 0.05) is 16.6 Å². The van der Waals surface area contributed by atoms with Crippen LogP contribution in [0.15, 0.2) is 33.2 Å². The minimum absolute atomic E-state index is 0.115. The van der Waals surface area contributed by atoms with Gasteiger partial charge in [-0.15, -0.1) is 10.2 Å². The zero-order valence-corrected chi connectivity index (χ0v) is 11.6. The molecule has 0 unspecified atom stereocenters. The number of rotatable bonds is 5. The van der Waals surface area contributed by atoms with E-state index in [9.17, 15) is 0 Å². The molecule has 0 bridgehead atoms. The summed E-state index contributed by atoms with van der Waals surface area (Å²) >= 11 is 3.38. The molecule has 5 nitrogen and oxygen atoms in total. The summed E-state index contributed by atoms with van der Waals surface area (Å²) < 4.78 is 6.57. The molecule has 0 atom stereocenters. The molecule has 0 aliphatic heterocycles. The average molecular weight is 312 g/mol. The lowest BCUT2D eigenvalue weighted by molar-refractivity contribution is 0.206. The molecule has 0 aliphatic rings. The van der Waals surface area contributed by atoms with Crippen LogP contribution in [0.2, 0.25) is 0 Å². The second kappa shape index (κ2) is 6.08. The zero-order valence-electron chi connectivity index (χ0n) is 10.0. The van der Waals surface area contributed by atoms with Crippen molar-refractivity contribution in [3.05, 3.63) is 34.6 Å². The van der Waals surface area contributed by atoms with Gasteiger partial charge in [0.1, 0.15) is 0 Å². The van der Waals surface area contributed by atoms with Gasteiger partial charge >= 0.3 is 0 Å². The topological polar surface area (TPSA) is 62.4 Å². The van der Waals surface area contributed by atoms with Crippen LogP contribution >= 0.6 is 15.9 Å². The van der Waals surface area contributed by atoms with Gasteiger partial charge < -0.3 is 9.52 Å². The number of nitrogens with zero attached hydrogens (tertiary/aromatic N) is 3. The summed E-state index contributed by atoms with van der Waals surface area (Å²) in [5, 5.41) is 16.8. The third kappa shape index (κ3) is 3.38. The quantitative estimate of drug-likeness (QED) is 0.914. The minimum Gasteiger partial charge on any atom is -0.419 e. The first-order chi connectivity index (χ1) is 8.69. The van der Waals surface area contributed by atoms with E-state index in [-0.39, 0.29) is 6.61 Å². The van der Waals surface area contributed by atoms with Gasteiger partial charge in [-0.1, -0.05) is 15.9 Å². The molecule has 2 rings (SSSR count). The van der Waals surface area contributed by atoms with Crippen molar-refractivity contribution >= 4 is 15.9 Å². The Hall–Kier alpha value is -1.24. The maximum absolute atomic E-state index is 8.81. The number of aromatic nitrogens is 2. The first-order valence-electron chi connectivity index (χ1n) is 5.57. The predicted octanol–water partition coefficient (Wildman–Crippen LogP) is 1.92. The first kappa shape index (κ1) is 13.2. The standard InChI is InChI=1S/C12H14BrN3O2/c1-16(6-7-17)8-11-14-15-12(18-11)9-2-4-10(13)5-3-9/h2-5,17H,6-8H2,1H3. The summed E-state index contributed by atoms with van der Waals surface area (Å²) in [6, 6.07) is 7.69. The highest BCUT2D eigenvalue weighted by Gasteiger charge is 2.10.